The molecule has 0 radical (unpaired) electrons. The Kier molecular flexibility index (Phi) is 4.49. The number of aliphatic imine (C=N–C) groups is 1. The summed E-state index contributed by atoms with van der Waals surface area (Å²) in [7, 11) is 0. The Balaban J connectivity index is 2.52. The van der Waals surface area contributed by atoms with Crippen molar-refractivity contribution in [1.82, 2.24) is 0 Å². The number of hydrogen-bond donors (Lipinski definition) is 0. The Bertz CT molecular complexity index is 341. The second-order valence-electron chi connectivity index (χ2n) is 3.65. The summed E-state index contributed by atoms with van der Waals surface area (Å²) in [5.41, 5.74) is 0.707. The van der Waals surface area contributed by atoms with Gasteiger partial charge in [-0.1, -0.05) is 19.9 Å². The van der Waals surface area contributed by atoms with Crippen LogP contribution in [0.2, 0.25) is 0 Å². The van der Waals surface area contributed by atoms with E-state index in [1.54, 1.807) is 11.3 Å². The monoisotopic (exact) mass is 225 g/mol. The molecule has 0 spiro atoms. The van der Waals surface area contributed by atoms with Crippen molar-refractivity contribution in [1.29, 1.82) is 0 Å². The van der Waals surface area contributed by atoms with Crippen LogP contribution in [-0.4, -0.2) is 18.4 Å². The summed E-state index contributed by atoms with van der Waals surface area (Å²) in [6.45, 7) is 6.20. The number of carbonyl (C=O) groups is 1. The molecule has 0 aliphatic carbocycles. The average molecular weight is 225 g/mol. The number of amides is 1. The molecule has 1 heterocycles. The van der Waals surface area contributed by atoms with Gasteiger partial charge in [0, 0.05) is 4.88 Å². The highest BCUT2D eigenvalue weighted by atomic mass is 32.1. The number of thiophene rings is 1. The number of hydrogen-bond acceptors (Lipinski definition) is 3. The Hall–Kier alpha value is -1.16. The molecule has 0 saturated heterocycles. The molecule has 82 valence electrons. The van der Waals surface area contributed by atoms with E-state index >= 15 is 0 Å². The highest BCUT2D eigenvalue weighted by Gasteiger charge is 2.04. The second kappa shape index (κ2) is 5.66. The van der Waals surface area contributed by atoms with Gasteiger partial charge in [0.25, 0.3) is 0 Å². The molecule has 15 heavy (non-hydrogen) atoms. The zero-order chi connectivity index (χ0) is 11.3. The molecule has 1 amide bonds. The number of ether oxygens (including phenoxy) is 1. The van der Waals surface area contributed by atoms with E-state index in [0.717, 1.165) is 4.88 Å². The fourth-order valence-electron chi connectivity index (χ4n) is 0.947. The van der Waals surface area contributed by atoms with Gasteiger partial charge in [-0.2, -0.15) is 4.99 Å². The Morgan fingerprint density at radius 1 is 1.60 bits per heavy atom. The first kappa shape index (κ1) is 11.9. The van der Waals surface area contributed by atoms with Crippen LogP contribution in [0.1, 0.15) is 25.6 Å². The Labute approximate surface area is 93.8 Å². The van der Waals surface area contributed by atoms with E-state index < -0.39 is 6.09 Å². The summed E-state index contributed by atoms with van der Waals surface area (Å²) in [6.07, 6.45) is -0.505. The molecule has 0 N–H and O–H groups in total. The van der Waals surface area contributed by atoms with Gasteiger partial charge in [-0.05, 0) is 24.3 Å². The fraction of sp³-hybridized carbons (Fsp3) is 0.455. The van der Waals surface area contributed by atoms with Crippen molar-refractivity contribution < 1.29 is 9.53 Å². The fourth-order valence-corrected chi connectivity index (χ4v) is 1.62. The van der Waals surface area contributed by atoms with Crippen LogP contribution in [-0.2, 0) is 4.74 Å². The van der Waals surface area contributed by atoms with E-state index in [1.807, 2.05) is 38.3 Å². The van der Waals surface area contributed by atoms with Gasteiger partial charge in [0.15, 0.2) is 0 Å². The number of rotatable bonds is 3. The third-order valence-corrected chi connectivity index (χ3v) is 2.66. The van der Waals surface area contributed by atoms with Crippen molar-refractivity contribution >= 4 is 23.1 Å². The molecule has 0 atom stereocenters. The van der Waals surface area contributed by atoms with Crippen LogP contribution in [0.4, 0.5) is 4.79 Å². The molecule has 1 aromatic rings. The molecule has 0 aromatic carbocycles. The summed E-state index contributed by atoms with van der Waals surface area (Å²) in [4.78, 5) is 16.1. The lowest BCUT2D eigenvalue weighted by Crippen LogP contribution is -2.08. The van der Waals surface area contributed by atoms with Crippen LogP contribution in [0, 0.1) is 5.92 Å². The van der Waals surface area contributed by atoms with Crippen LogP contribution in [0.3, 0.4) is 0 Å². The molecule has 0 unspecified atom stereocenters. The van der Waals surface area contributed by atoms with Gasteiger partial charge in [-0.25, -0.2) is 4.79 Å². The zero-order valence-electron chi connectivity index (χ0n) is 9.19. The normalized spacial score (nSPS) is 11.9. The summed E-state index contributed by atoms with van der Waals surface area (Å²) < 4.78 is 4.95. The van der Waals surface area contributed by atoms with Crippen LogP contribution in [0.15, 0.2) is 22.5 Å². The molecule has 0 fully saturated rings. The van der Waals surface area contributed by atoms with Crippen molar-refractivity contribution in [3.8, 4) is 0 Å². The minimum absolute atomic E-state index is 0.339. The molecule has 4 heteroatoms. The maximum atomic E-state index is 11.2. The SMILES string of the molecule is C/C(=N/C(=O)OCC(C)C)c1cccs1. The smallest absolute Gasteiger partial charge is 0.433 e. The quantitative estimate of drug-likeness (QED) is 0.740. The highest BCUT2D eigenvalue weighted by Crippen LogP contribution is 2.10. The van der Waals surface area contributed by atoms with Crippen molar-refractivity contribution in [2.24, 2.45) is 10.9 Å². The topological polar surface area (TPSA) is 38.7 Å². The van der Waals surface area contributed by atoms with Crippen LogP contribution in [0.25, 0.3) is 0 Å². The molecule has 1 rings (SSSR count). The van der Waals surface area contributed by atoms with Crippen molar-refractivity contribution in [2.45, 2.75) is 20.8 Å². The van der Waals surface area contributed by atoms with Gasteiger partial charge in [0.2, 0.25) is 0 Å². The van der Waals surface area contributed by atoms with Crippen molar-refractivity contribution in [3.63, 3.8) is 0 Å². The number of carbonyl (C=O) groups excluding carboxylic acids is 1. The minimum atomic E-state index is -0.505. The average Bonchev–Trinajstić information content (AvgIpc) is 2.67. The maximum absolute atomic E-state index is 11.2. The first-order valence-electron chi connectivity index (χ1n) is 4.85. The van der Waals surface area contributed by atoms with Crippen molar-refractivity contribution in [3.05, 3.63) is 22.4 Å². The molecule has 1 aromatic heterocycles. The second-order valence-corrected chi connectivity index (χ2v) is 4.59. The van der Waals surface area contributed by atoms with E-state index in [9.17, 15) is 4.79 Å². The molecule has 0 aliphatic rings. The Morgan fingerprint density at radius 2 is 2.33 bits per heavy atom. The summed E-state index contributed by atoms with van der Waals surface area (Å²) >= 11 is 1.56. The molecule has 0 saturated carbocycles. The Morgan fingerprint density at radius 3 is 2.87 bits per heavy atom. The largest absolute Gasteiger partial charge is 0.448 e. The summed E-state index contributed by atoms with van der Waals surface area (Å²) in [5.74, 6) is 0.339. The summed E-state index contributed by atoms with van der Waals surface area (Å²) in [6, 6.07) is 3.86. The van der Waals surface area contributed by atoms with Gasteiger partial charge >= 0.3 is 6.09 Å². The lowest BCUT2D eigenvalue weighted by molar-refractivity contribution is 0.143. The lowest BCUT2D eigenvalue weighted by atomic mass is 10.2. The summed E-state index contributed by atoms with van der Waals surface area (Å²) in [5, 5.41) is 1.95. The van der Waals surface area contributed by atoms with Gasteiger partial charge in [0.05, 0.1) is 12.3 Å². The van der Waals surface area contributed by atoms with Crippen molar-refractivity contribution in [2.75, 3.05) is 6.61 Å². The van der Waals surface area contributed by atoms with Gasteiger partial charge in [0.1, 0.15) is 0 Å². The van der Waals surface area contributed by atoms with Crippen LogP contribution >= 0.6 is 11.3 Å². The molecular weight excluding hydrogens is 210 g/mol. The van der Waals surface area contributed by atoms with Crippen LogP contribution < -0.4 is 0 Å². The molecule has 0 bridgehead atoms. The van der Waals surface area contributed by atoms with Crippen LogP contribution in [0.5, 0.6) is 0 Å². The van der Waals surface area contributed by atoms with Gasteiger partial charge in [-0.3, -0.25) is 0 Å². The zero-order valence-corrected chi connectivity index (χ0v) is 10.0. The predicted molar refractivity (Wildman–Crippen MR) is 62.7 cm³/mol. The highest BCUT2D eigenvalue weighted by molar-refractivity contribution is 7.12. The van der Waals surface area contributed by atoms with E-state index in [2.05, 4.69) is 4.99 Å². The predicted octanol–water partition coefficient (Wildman–Crippen LogP) is 3.35. The lowest BCUT2D eigenvalue weighted by Gasteiger charge is -2.04. The van der Waals surface area contributed by atoms with E-state index in [1.165, 1.54) is 0 Å². The molecule has 3 nitrogen and oxygen atoms in total. The van der Waals surface area contributed by atoms with Gasteiger partial charge < -0.3 is 4.74 Å². The van der Waals surface area contributed by atoms with E-state index in [0.29, 0.717) is 18.2 Å². The third kappa shape index (κ3) is 4.25. The first-order chi connectivity index (χ1) is 7.09. The molecular formula is C11H15NO2S. The molecule has 0 aliphatic heterocycles. The minimum Gasteiger partial charge on any atom is -0.448 e. The standard InChI is InChI=1S/C11H15NO2S/c1-8(2)7-14-11(13)12-9(3)10-5-4-6-15-10/h4-6,8H,7H2,1-3H3/b12-9-. The van der Waals surface area contributed by atoms with E-state index in [4.69, 9.17) is 4.74 Å². The third-order valence-electron chi connectivity index (χ3n) is 1.68. The van der Waals surface area contributed by atoms with E-state index in [-0.39, 0.29) is 0 Å². The first-order valence-corrected chi connectivity index (χ1v) is 5.73. The maximum Gasteiger partial charge on any atom is 0.433 e. The van der Waals surface area contributed by atoms with Gasteiger partial charge in [-0.15, -0.1) is 11.3 Å². The number of nitrogens with zero attached hydrogens (tertiary/aromatic N) is 1.